The van der Waals surface area contributed by atoms with Crippen molar-refractivity contribution in [1.82, 2.24) is 4.98 Å². The molecule has 2 aromatic heterocycles. The van der Waals surface area contributed by atoms with Gasteiger partial charge >= 0.3 is 0 Å². The van der Waals surface area contributed by atoms with Crippen molar-refractivity contribution in [3.63, 3.8) is 0 Å². The molecule has 0 bridgehead atoms. The Morgan fingerprint density at radius 2 is 1.86 bits per heavy atom. The average Bonchev–Trinajstić information content (AvgIpc) is 3.36. The van der Waals surface area contributed by atoms with Gasteiger partial charge in [0.1, 0.15) is 17.6 Å². The van der Waals surface area contributed by atoms with Gasteiger partial charge in [-0.3, -0.25) is 9.59 Å². The van der Waals surface area contributed by atoms with E-state index in [9.17, 15) is 9.59 Å². The van der Waals surface area contributed by atoms with Gasteiger partial charge in [0.25, 0.3) is 5.91 Å². The standard InChI is InChI=1S/C27H21N3O6S/c1-33-17-11-12-20-23(13-17)37-27(29-20)30(26(32)19-8-6-10-22(34-2)25(19)35-3)28-14-16-15-36-21-9-5-4-7-18(21)24(16)31/h4-15H,1-3H3/b28-14+. The molecule has 0 atom stereocenters. The van der Waals surface area contributed by atoms with Gasteiger partial charge in [-0.2, -0.15) is 10.1 Å². The number of fused-ring (bicyclic) bond motifs is 2. The van der Waals surface area contributed by atoms with E-state index in [1.54, 1.807) is 61.7 Å². The first-order valence-corrected chi connectivity index (χ1v) is 11.9. The monoisotopic (exact) mass is 515 g/mol. The molecule has 5 rings (SSSR count). The van der Waals surface area contributed by atoms with E-state index < -0.39 is 5.91 Å². The van der Waals surface area contributed by atoms with Crippen molar-refractivity contribution >= 4 is 49.8 Å². The van der Waals surface area contributed by atoms with Crippen molar-refractivity contribution in [3.05, 3.63) is 88.3 Å². The summed E-state index contributed by atoms with van der Waals surface area (Å²) in [7, 11) is 4.52. The van der Waals surface area contributed by atoms with Gasteiger partial charge in [-0.05, 0) is 42.5 Å². The summed E-state index contributed by atoms with van der Waals surface area (Å²) in [6.07, 6.45) is 2.60. The predicted molar refractivity (Wildman–Crippen MR) is 143 cm³/mol. The maximum absolute atomic E-state index is 13.8. The molecule has 9 nitrogen and oxygen atoms in total. The molecule has 3 aromatic carbocycles. The molecule has 0 saturated carbocycles. The van der Waals surface area contributed by atoms with Gasteiger partial charge < -0.3 is 18.6 Å². The summed E-state index contributed by atoms with van der Waals surface area (Å²) < 4.78 is 22.5. The van der Waals surface area contributed by atoms with Gasteiger partial charge in [0.2, 0.25) is 10.6 Å². The van der Waals surface area contributed by atoms with Crippen molar-refractivity contribution in [2.24, 2.45) is 5.10 Å². The number of carbonyl (C=O) groups is 1. The summed E-state index contributed by atoms with van der Waals surface area (Å²) >= 11 is 1.25. The van der Waals surface area contributed by atoms with Crippen molar-refractivity contribution in [1.29, 1.82) is 0 Å². The number of anilines is 1. The smallest absolute Gasteiger partial charge is 0.284 e. The number of hydrogen-bond acceptors (Lipinski definition) is 9. The van der Waals surface area contributed by atoms with Crippen LogP contribution in [0.5, 0.6) is 17.2 Å². The Morgan fingerprint density at radius 3 is 2.65 bits per heavy atom. The molecule has 5 aromatic rings. The molecule has 0 N–H and O–H groups in total. The molecule has 0 aliphatic rings. The Morgan fingerprint density at radius 1 is 1.03 bits per heavy atom. The van der Waals surface area contributed by atoms with Crippen LogP contribution in [0.15, 0.2) is 81.2 Å². The van der Waals surface area contributed by atoms with Gasteiger partial charge in [-0.25, -0.2) is 4.98 Å². The molecule has 0 spiro atoms. The van der Waals surface area contributed by atoms with Crippen LogP contribution in [0.25, 0.3) is 21.2 Å². The van der Waals surface area contributed by atoms with Crippen molar-refractivity contribution < 1.29 is 23.4 Å². The van der Waals surface area contributed by atoms with Gasteiger partial charge in [-0.1, -0.05) is 29.5 Å². The number of para-hydroxylation sites is 2. The second-order valence-corrected chi connectivity index (χ2v) is 8.76. The van der Waals surface area contributed by atoms with Crippen LogP contribution < -0.4 is 24.6 Å². The van der Waals surface area contributed by atoms with E-state index in [0.29, 0.717) is 33.1 Å². The minimum atomic E-state index is -0.525. The number of hydrazone groups is 1. The third kappa shape index (κ3) is 4.50. The summed E-state index contributed by atoms with van der Waals surface area (Å²) in [5.41, 5.74) is 1.24. The van der Waals surface area contributed by atoms with Crippen LogP contribution in [-0.2, 0) is 0 Å². The number of amides is 1. The largest absolute Gasteiger partial charge is 0.497 e. The van der Waals surface area contributed by atoms with E-state index in [-0.39, 0.29) is 22.3 Å². The highest BCUT2D eigenvalue weighted by molar-refractivity contribution is 7.22. The molecule has 0 saturated heterocycles. The van der Waals surface area contributed by atoms with E-state index in [0.717, 1.165) is 9.71 Å². The molecule has 0 radical (unpaired) electrons. The summed E-state index contributed by atoms with van der Waals surface area (Å²) in [6.45, 7) is 0. The number of hydrogen-bond donors (Lipinski definition) is 0. The molecular formula is C27H21N3O6S. The number of ether oxygens (including phenoxy) is 3. The van der Waals surface area contributed by atoms with Gasteiger partial charge in [0.05, 0.1) is 54.3 Å². The number of rotatable bonds is 7. The van der Waals surface area contributed by atoms with E-state index in [1.165, 1.54) is 38.0 Å². The Bertz CT molecular complexity index is 1710. The fourth-order valence-corrected chi connectivity index (χ4v) is 4.72. The number of methoxy groups -OCH3 is 3. The lowest BCUT2D eigenvalue weighted by atomic mass is 10.1. The minimum Gasteiger partial charge on any atom is -0.497 e. The lowest BCUT2D eigenvalue weighted by Gasteiger charge is -2.17. The molecule has 10 heteroatoms. The maximum atomic E-state index is 13.8. The topological polar surface area (TPSA) is 103 Å². The predicted octanol–water partition coefficient (Wildman–Crippen LogP) is 5.11. The first kappa shape index (κ1) is 24.0. The van der Waals surface area contributed by atoms with E-state index in [1.807, 2.05) is 6.07 Å². The fraction of sp³-hybridized carbons (Fsp3) is 0.111. The molecular weight excluding hydrogens is 494 g/mol. The van der Waals surface area contributed by atoms with Crippen LogP contribution in [0, 0.1) is 0 Å². The Labute approximate surface area is 215 Å². The molecule has 0 aliphatic heterocycles. The van der Waals surface area contributed by atoms with E-state index >= 15 is 0 Å². The van der Waals surface area contributed by atoms with Crippen LogP contribution in [0.2, 0.25) is 0 Å². The number of aromatic nitrogens is 1. The minimum absolute atomic E-state index is 0.178. The molecule has 0 fully saturated rings. The lowest BCUT2D eigenvalue weighted by Crippen LogP contribution is -2.26. The second kappa shape index (κ2) is 10.1. The zero-order valence-corrected chi connectivity index (χ0v) is 20.9. The second-order valence-electron chi connectivity index (χ2n) is 7.75. The first-order chi connectivity index (χ1) is 18.0. The number of nitrogens with zero attached hydrogens (tertiary/aromatic N) is 3. The number of thiazole rings is 1. The normalized spacial score (nSPS) is 11.2. The highest BCUT2D eigenvalue weighted by Crippen LogP contribution is 2.35. The third-order valence-electron chi connectivity index (χ3n) is 5.61. The zero-order valence-electron chi connectivity index (χ0n) is 20.1. The van der Waals surface area contributed by atoms with Crippen LogP contribution >= 0.6 is 11.3 Å². The Balaban J connectivity index is 1.64. The molecule has 186 valence electrons. The first-order valence-electron chi connectivity index (χ1n) is 11.1. The highest BCUT2D eigenvalue weighted by Gasteiger charge is 2.26. The fourth-order valence-electron chi connectivity index (χ4n) is 3.77. The third-order valence-corrected chi connectivity index (χ3v) is 6.60. The quantitative estimate of drug-likeness (QED) is 0.219. The summed E-state index contributed by atoms with van der Waals surface area (Å²) in [5.74, 6) is 0.778. The van der Waals surface area contributed by atoms with Crippen molar-refractivity contribution in [2.45, 2.75) is 0 Å². The number of benzene rings is 3. The highest BCUT2D eigenvalue weighted by atomic mass is 32.1. The molecule has 1 amide bonds. The van der Waals surface area contributed by atoms with E-state index in [2.05, 4.69) is 10.1 Å². The van der Waals surface area contributed by atoms with Crippen LogP contribution in [0.3, 0.4) is 0 Å². The molecule has 0 unspecified atom stereocenters. The van der Waals surface area contributed by atoms with Gasteiger partial charge in [-0.15, -0.1) is 0 Å². The molecule has 2 heterocycles. The van der Waals surface area contributed by atoms with E-state index in [4.69, 9.17) is 18.6 Å². The van der Waals surface area contributed by atoms with Gasteiger partial charge in [0.15, 0.2) is 11.5 Å². The molecule has 37 heavy (non-hydrogen) atoms. The maximum Gasteiger partial charge on any atom is 0.284 e. The molecule has 0 aliphatic carbocycles. The van der Waals surface area contributed by atoms with Gasteiger partial charge in [0, 0.05) is 0 Å². The van der Waals surface area contributed by atoms with Crippen molar-refractivity contribution in [2.75, 3.05) is 26.3 Å². The SMILES string of the molecule is COc1ccc2nc(N(/N=C/c3coc4ccccc4c3=O)C(=O)c3cccc(OC)c3OC)sc2c1. The van der Waals surface area contributed by atoms with Crippen molar-refractivity contribution in [3.8, 4) is 17.2 Å². The Hall–Kier alpha value is -4.70. The Kier molecular flexibility index (Phi) is 6.57. The summed E-state index contributed by atoms with van der Waals surface area (Å²) in [6, 6.07) is 17.3. The summed E-state index contributed by atoms with van der Waals surface area (Å²) in [5, 5.41) is 6.22. The van der Waals surface area contributed by atoms with Crippen LogP contribution in [0.4, 0.5) is 5.13 Å². The van der Waals surface area contributed by atoms with Crippen LogP contribution in [-0.4, -0.2) is 38.4 Å². The lowest BCUT2D eigenvalue weighted by molar-refractivity contribution is 0.0984. The van der Waals surface area contributed by atoms with Crippen LogP contribution in [0.1, 0.15) is 15.9 Å². The zero-order chi connectivity index (χ0) is 25.9. The average molecular weight is 516 g/mol. The number of carbonyl (C=O) groups excluding carboxylic acids is 1. The summed E-state index contributed by atoms with van der Waals surface area (Å²) in [4.78, 5) is 31.4.